The Morgan fingerprint density at radius 3 is 1.95 bits per heavy atom. The van der Waals surface area contributed by atoms with Crippen LogP contribution in [0.3, 0.4) is 0 Å². The van der Waals surface area contributed by atoms with Crippen molar-refractivity contribution in [2.75, 3.05) is 6.61 Å². The van der Waals surface area contributed by atoms with Gasteiger partial charge >= 0.3 is 0 Å². The predicted molar refractivity (Wildman–Crippen MR) is 80.3 cm³/mol. The summed E-state index contributed by atoms with van der Waals surface area (Å²) < 4.78 is 6.27. The lowest BCUT2D eigenvalue weighted by Gasteiger charge is -2.20. The number of rotatable bonds is 4. The highest BCUT2D eigenvalue weighted by atomic mass is 28.3. The maximum absolute atomic E-state index is 6.27. The first kappa shape index (κ1) is 12.9. The van der Waals surface area contributed by atoms with Crippen molar-refractivity contribution < 1.29 is 4.43 Å². The highest BCUT2D eigenvalue weighted by Gasteiger charge is 2.75. The van der Waals surface area contributed by atoms with Gasteiger partial charge < -0.3 is 4.43 Å². The van der Waals surface area contributed by atoms with Crippen molar-refractivity contribution in [3.8, 4) is 0 Å². The number of hydrogen-bond donors (Lipinski definition) is 0. The van der Waals surface area contributed by atoms with E-state index in [9.17, 15) is 0 Å². The quantitative estimate of drug-likeness (QED) is 0.688. The average molecular weight is 278 g/mol. The second-order valence-electron chi connectivity index (χ2n) is 7.94. The van der Waals surface area contributed by atoms with E-state index in [4.69, 9.17) is 4.43 Å². The van der Waals surface area contributed by atoms with Crippen LogP contribution in [-0.2, 0) is 4.43 Å². The zero-order valence-electron chi connectivity index (χ0n) is 12.7. The van der Waals surface area contributed by atoms with E-state index in [1.165, 1.54) is 38.5 Å². The van der Waals surface area contributed by atoms with Crippen LogP contribution in [0.5, 0.6) is 0 Å². The van der Waals surface area contributed by atoms with E-state index < -0.39 is 9.04 Å². The molecule has 0 spiro atoms. The number of hydrogen-bond acceptors (Lipinski definition) is 1. The Hall–Kier alpha value is 0.177. The standard InChI is InChI=1S/C17H29OSi/c1-19(2)18-11-17(14-9-5-6-10-15(14)17)16-12-7-3-4-8-13(12)16/h12-16H,3-11H2,1-2H3. The third-order valence-electron chi connectivity index (χ3n) is 6.93. The summed E-state index contributed by atoms with van der Waals surface area (Å²) in [5.41, 5.74) is 0.679. The molecule has 0 aromatic carbocycles. The summed E-state index contributed by atoms with van der Waals surface area (Å²) in [6.07, 6.45) is 12.2. The molecule has 4 saturated carbocycles. The van der Waals surface area contributed by atoms with E-state index in [0.717, 1.165) is 36.2 Å². The zero-order chi connectivity index (χ0) is 13.0. The molecule has 0 aliphatic heterocycles. The minimum Gasteiger partial charge on any atom is -0.417 e. The van der Waals surface area contributed by atoms with Gasteiger partial charge in [0.15, 0.2) is 0 Å². The van der Waals surface area contributed by atoms with Crippen LogP contribution in [0.4, 0.5) is 0 Å². The van der Waals surface area contributed by atoms with Crippen molar-refractivity contribution >= 4 is 9.04 Å². The van der Waals surface area contributed by atoms with Crippen molar-refractivity contribution in [2.24, 2.45) is 35.0 Å². The summed E-state index contributed by atoms with van der Waals surface area (Å²) in [5.74, 6) is 5.46. The average Bonchev–Trinajstić information content (AvgIpc) is 3.28. The molecule has 1 radical (unpaired) electrons. The SMILES string of the molecule is C[Si](C)OCC1(C2C3CCCCC32)C2CCCCC21. The molecular formula is C17H29OSi. The Kier molecular flexibility index (Phi) is 3.11. The van der Waals surface area contributed by atoms with Gasteiger partial charge in [-0.25, -0.2) is 0 Å². The predicted octanol–water partition coefficient (Wildman–Crippen LogP) is 4.50. The molecule has 4 fully saturated rings. The second kappa shape index (κ2) is 4.59. The fourth-order valence-electron chi connectivity index (χ4n) is 6.16. The summed E-state index contributed by atoms with van der Waals surface area (Å²) in [6, 6.07) is 0. The first-order valence-corrected chi connectivity index (χ1v) is 11.1. The molecule has 4 rings (SSSR count). The summed E-state index contributed by atoms with van der Waals surface area (Å²) in [4.78, 5) is 0. The molecule has 107 valence electrons. The molecule has 0 heterocycles. The molecule has 0 aromatic rings. The molecule has 0 amide bonds. The molecule has 19 heavy (non-hydrogen) atoms. The Morgan fingerprint density at radius 2 is 1.42 bits per heavy atom. The minimum absolute atomic E-state index is 0.507. The van der Waals surface area contributed by atoms with Gasteiger partial charge in [0.2, 0.25) is 9.04 Å². The lowest BCUT2D eigenvalue weighted by molar-refractivity contribution is 0.179. The Balaban J connectivity index is 1.52. The largest absolute Gasteiger partial charge is 0.417 e. The van der Waals surface area contributed by atoms with Crippen LogP contribution in [0, 0.1) is 35.0 Å². The third kappa shape index (κ3) is 1.89. The number of fused-ring (bicyclic) bond motifs is 2. The Labute approximate surface area is 120 Å². The van der Waals surface area contributed by atoms with Crippen molar-refractivity contribution in [3.05, 3.63) is 0 Å². The summed E-state index contributed by atoms with van der Waals surface area (Å²) in [7, 11) is -0.507. The smallest absolute Gasteiger partial charge is 0.204 e. The second-order valence-corrected chi connectivity index (χ2v) is 10.0. The monoisotopic (exact) mass is 277 g/mol. The summed E-state index contributed by atoms with van der Waals surface area (Å²) in [6.45, 7) is 5.76. The molecule has 0 saturated heterocycles. The molecule has 2 heteroatoms. The maximum atomic E-state index is 6.27. The van der Waals surface area contributed by atoms with Gasteiger partial charge in [-0.2, -0.15) is 0 Å². The van der Waals surface area contributed by atoms with Crippen molar-refractivity contribution in [1.29, 1.82) is 0 Å². The van der Waals surface area contributed by atoms with Gasteiger partial charge in [-0.05, 0) is 68.4 Å². The fraction of sp³-hybridized carbons (Fsp3) is 1.00. The van der Waals surface area contributed by atoms with Crippen LogP contribution in [0.2, 0.25) is 13.1 Å². The van der Waals surface area contributed by atoms with E-state index in [2.05, 4.69) is 13.1 Å². The van der Waals surface area contributed by atoms with Gasteiger partial charge in [-0.15, -0.1) is 0 Å². The van der Waals surface area contributed by atoms with Gasteiger partial charge in [0.25, 0.3) is 0 Å². The molecule has 0 bridgehead atoms. The van der Waals surface area contributed by atoms with Crippen LogP contribution in [0.1, 0.15) is 51.4 Å². The fourth-order valence-corrected chi connectivity index (χ4v) is 6.70. The topological polar surface area (TPSA) is 9.23 Å². The van der Waals surface area contributed by atoms with Gasteiger partial charge in [0.05, 0.1) is 0 Å². The third-order valence-corrected chi connectivity index (χ3v) is 7.65. The lowest BCUT2D eigenvalue weighted by atomic mass is 9.92. The van der Waals surface area contributed by atoms with Gasteiger partial charge in [-0.1, -0.05) is 25.7 Å². The van der Waals surface area contributed by atoms with Crippen LogP contribution in [-0.4, -0.2) is 15.6 Å². The molecule has 0 aromatic heterocycles. The van der Waals surface area contributed by atoms with Crippen LogP contribution < -0.4 is 0 Å². The normalized spacial score (nSPS) is 51.6. The van der Waals surface area contributed by atoms with Crippen LogP contribution in [0.25, 0.3) is 0 Å². The van der Waals surface area contributed by atoms with Crippen LogP contribution >= 0.6 is 0 Å². The van der Waals surface area contributed by atoms with Crippen LogP contribution in [0.15, 0.2) is 0 Å². The van der Waals surface area contributed by atoms with E-state index in [0.29, 0.717) is 5.41 Å². The summed E-state index contributed by atoms with van der Waals surface area (Å²) >= 11 is 0. The highest BCUT2D eigenvalue weighted by Crippen LogP contribution is 2.78. The van der Waals surface area contributed by atoms with E-state index in [1.54, 1.807) is 12.8 Å². The Morgan fingerprint density at radius 1 is 0.895 bits per heavy atom. The van der Waals surface area contributed by atoms with Crippen molar-refractivity contribution in [2.45, 2.75) is 64.5 Å². The minimum atomic E-state index is -0.507. The van der Waals surface area contributed by atoms with Gasteiger partial charge in [0, 0.05) is 12.0 Å². The highest BCUT2D eigenvalue weighted by molar-refractivity contribution is 6.48. The van der Waals surface area contributed by atoms with E-state index >= 15 is 0 Å². The maximum Gasteiger partial charge on any atom is 0.204 e. The first-order valence-electron chi connectivity index (χ1n) is 8.68. The van der Waals surface area contributed by atoms with Gasteiger partial charge in [0.1, 0.15) is 0 Å². The molecule has 4 atom stereocenters. The van der Waals surface area contributed by atoms with Crippen molar-refractivity contribution in [3.63, 3.8) is 0 Å². The molecule has 1 nitrogen and oxygen atoms in total. The van der Waals surface area contributed by atoms with Gasteiger partial charge in [-0.3, -0.25) is 0 Å². The molecular weight excluding hydrogens is 248 g/mol. The molecule has 4 aliphatic carbocycles. The van der Waals surface area contributed by atoms with E-state index in [1.807, 2.05) is 0 Å². The lowest BCUT2D eigenvalue weighted by Crippen LogP contribution is -2.23. The zero-order valence-corrected chi connectivity index (χ0v) is 13.7. The van der Waals surface area contributed by atoms with Crippen molar-refractivity contribution in [1.82, 2.24) is 0 Å². The first-order chi connectivity index (χ1) is 9.25. The van der Waals surface area contributed by atoms with E-state index in [-0.39, 0.29) is 0 Å². The molecule has 0 N–H and O–H groups in total. The molecule has 4 aliphatic rings. The summed E-state index contributed by atoms with van der Waals surface area (Å²) in [5, 5.41) is 0. The molecule has 4 unspecified atom stereocenters. The Bertz CT molecular complexity index is 329.